The van der Waals surface area contributed by atoms with E-state index in [9.17, 15) is 14.9 Å². The Kier molecular flexibility index (Phi) is 4.40. The Morgan fingerprint density at radius 2 is 1.86 bits per heavy atom. The topological polar surface area (TPSA) is 84.6 Å². The van der Waals surface area contributed by atoms with Crippen molar-refractivity contribution in [2.24, 2.45) is 5.10 Å². The number of hydrogen-bond acceptors (Lipinski definition) is 4. The van der Waals surface area contributed by atoms with Crippen molar-refractivity contribution in [2.45, 2.75) is 6.92 Å². The number of nitrogens with one attached hydrogen (secondary N) is 1. The molecule has 0 atom stereocenters. The second-order valence-electron chi connectivity index (χ2n) is 4.36. The van der Waals surface area contributed by atoms with Gasteiger partial charge in [-0.25, -0.2) is 5.43 Å². The summed E-state index contributed by atoms with van der Waals surface area (Å²) in [6.07, 6.45) is 1.43. The number of non-ortho nitro benzene ring substituents is 1. The van der Waals surface area contributed by atoms with Crippen molar-refractivity contribution < 1.29 is 9.72 Å². The van der Waals surface area contributed by atoms with Gasteiger partial charge in [0, 0.05) is 17.7 Å². The Hall–Kier alpha value is -3.02. The first-order valence-corrected chi connectivity index (χ1v) is 6.21. The minimum Gasteiger partial charge on any atom is -0.267 e. The maximum Gasteiger partial charge on any atom is 0.271 e. The van der Waals surface area contributed by atoms with Crippen LogP contribution in [0.2, 0.25) is 0 Å². The molecule has 0 aromatic heterocycles. The summed E-state index contributed by atoms with van der Waals surface area (Å²) in [5, 5.41) is 14.4. The van der Waals surface area contributed by atoms with Crippen LogP contribution in [-0.2, 0) is 0 Å². The van der Waals surface area contributed by atoms with Crippen molar-refractivity contribution >= 4 is 17.8 Å². The van der Waals surface area contributed by atoms with Crippen LogP contribution in [0.5, 0.6) is 0 Å². The first-order valence-electron chi connectivity index (χ1n) is 6.21. The monoisotopic (exact) mass is 283 g/mol. The fourth-order valence-electron chi connectivity index (χ4n) is 1.74. The summed E-state index contributed by atoms with van der Waals surface area (Å²) in [5.74, 6) is -0.300. The summed E-state index contributed by atoms with van der Waals surface area (Å²) in [4.78, 5) is 21.9. The highest BCUT2D eigenvalue weighted by atomic mass is 16.6. The molecule has 0 spiro atoms. The number of benzene rings is 2. The van der Waals surface area contributed by atoms with Gasteiger partial charge in [-0.3, -0.25) is 14.9 Å². The molecule has 0 heterocycles. The van der Waals surface area contributed by atoms with Crippen LogP contribution in [0, 0.1) is 17.0 Å². The summed E-state index contributed by atoms with van der Waals surface area (Å²) >= 11 is 0. The van der Waals surface area contributed by atoms with Gasteiger partial charge in [-0.15, -0.1) is 0 Å². The van der Waals surface area contributed by atoms with Crippen molar-refractivity contribution in [2.75, 3.05) is 0 Å². The van der Waals surface area contributed by atoms with E-state index >= 15 is 0 Å². The van der Waals surface area contributed by atoms with Gasteiger partial charge in [0.1, 0.15) is 0 Å². The number of nitro groups is 1. The van der Waals surface area contributed by atoms with Crippen molar-refractivity contribution in [1.82, 2.24) is 5.43 Å². The molecule has 0 unspecified atom stereocenters. The molecule has 0 bridgehead atoms. The van der Waals surface area contributed by atoms with Crippen LogP contribution >= 0.6 is 0 Å². The van der Waals surface area contributed by atoms with E-state index in [0.29, 0.717) is 11.1 Å². The molecule has 0 saturated carbocycles. The third-order valence-electron chi connectivity index (χ3n) is 2.87. The molecule has 6 heteroatoms. The molecule has 0 radical (unpaired) electrons. The van der Waals surface area contributed by atoms with Gasteiger partial charge in [0.2, 0.25) is 0 Å². The van der Waals surface area contributed by atoms with Crippen molar-refractivity contribution in [3.63, 3.8) is 0 Å². The molecule has 2 aromatic rings. The Balaban J connectivity index is 2.01. The summed E-state index contributed by atoms with van der Waals surface area (Å²) in [7, 11) is 0. The zero-order valence-corrected chi connectivity index (χ0v) is 11.3. The summed E-state index contributed by atoms with van der Waals surface area (Å²) in [6.45, 7) is 1.84. The van der Waals surface area contributed by atoms with Crippen LogP contribution in [0.4, 0.5) is 5.69 Å². The van der Waals surface area contributed by atoms with E-state index in [1.54, 1.807) is 24.3 Å². The lowest BCUT2D eigenvalue weighted by atomic mass is 10.1. The number of carbonyl (C=O) groups excluding carboxylic acids is 1. The molecule has 21 heavy (non-hydrogen) atoms. The molecule has 6 nitrogen and oxygen atoms in total. The van der Waals surface area contributed by atoms with E-state index in [2.05, 4.69) is 10.5 Å². The largest absolute Gasteiger partial charge is 0.271 e. The minimum absolute atomic E-state index is 0.0103. The van der Waals surface area contributed by atoms with Crippen LogP contribution in [0.1, 0.15) is 21.5 Å². The zero-order chi connectivity index (χ0) is 15.2. The fourth-order valence-corrected chi connectivity index (χ4v) is 1.74. The van der Waals surface area contributed by atoms with Crippen LogP contribution in [0.15, 0.2) is 53.6 Å². The van der Waals surface area contributed by atoms with Gasteiger partial charge in [-0.05, 0) is 36.2 Å². The highest BCUT2D eigenvalue weighted by molar-refractivity contribution is 5.96. The molecular formula is C15H13N3O3. The van der Waals surface area contributed by atoms with Crippen molar-refractivity contribution in [3.8, 4) is 0 Å². The predicted octanol–water partition coefficient (Wildman–Crippen LogP) is 2.67. The van der Waals surface area contributed by atoms with E-state index in [4.69, 9.17) is 0 Å². The van der Waals surface area contributed by atoms with Gasteiger partial charge in [-0.2, -0.15) is 5.10 Å². The summed E-state index contributed by atoms with van der Waals surface area (Å²) in [6, 6.07) is 13.1. The average molecular weight is 283 g/mol. The molecule has 2 rings (SSSR count). The van der Waals surface area contributed by atoms with Crippen molar-refractivity contribution in [1.29, 1.82) is 0 Å². The standard InChI is InChI=1S/C15H13N3O3/c1-11-4-2-3-5-14(11)15(19)17-16-10-12-6-8-13(9-7-12)18(20)21/h2-10H,1H3,(H,17,19)/b16-10+. The Morgan fingerprint density at radius 1 is 1.19 bits per heavy atom. The fraction of sp³-hybridized carbons (Fsp3) is 0.0667. The summed E-state index contributed by atoms with van der Waals surface area (Å²) in [5.41, 5.74) is 4.51. The van der Waals surface area contributed by atoms with Gasteiger partial charge in [0.15, 0.2) is 0 Å². The lowest BCUT2D eigenvalue weighted by Gasteiger charge is -2.02. The molecular weight excluding hydrogens is 270 g/mol. The first-order chi connectivity index (χ1) is 10.1. The maximum atomic E-state index is 11.9. The van der Waals surface area contributed by atoms with Gasteiger partial charge >= 0.3 is 0 Å². The number of nitrogens with zero attached hydrogens (tertiary/aromatic N) is 2. The van der Waals surface area contributed by atoms with Crippen molar-refractivity contribution in [3.05, 3.63) is 75.3 Å². The second-order valence-corrected chi connectivity index (χ2v) is 4.36. The van der Waals surface area contributed by atoms with Gasteiger partial charge in [-0.1, -0.05) is 18.2 Å². The number of nitro benzene ring substituents is 1. The number of hydrazone groups is 1. The normalized spacial score (nSPS) is 10.5. The smallest absolute Gasteiger partial charge is 0.267 e. The molecule has 2 aromatic carbocycles. The van der Waals surface area contributed by atoms with E-state index in [1.165, 1.54) is 18.3 Å². The Bertz CT molecular complexity index is 694. The second kappa shape index (κ2) is 6.42. The van der Waals surface area contributed by atoms with Crippen LogP contribution < -0.4 is 5.43 Å². The van der Waals surface area contributed by atoms with E-state index in [0.717, 1.165) is 5.56 Å². The van der Waals surface area contributed by atoms with E-state index in [1.807, 2.05) is 19.1 Å². The highest BCUT2D eigenvalue weighted by Crippen LogP contribution is 2.10. The minimum atomic E-state index is -0.471. The third kappa shape index (κ3) is 3.73. The van der Waals surface area contributed by atoms with E-state index < -0.39 is 4.92 Å². The number of amides is 1. The Labute approximate surface area is 121 Å². The predicted molar refractivity (Wildman–Crippen MR) is 79.3 cm³/mol. The Morgan fingerprint density at radius 3 is 2.48 bits per heavy atom. The molecule has 0 saturated heterocycles. The molecule has 0 aliphatic heterocycles. The molecule has 1 amide bonds. The van der Waals surface area contributed by atoms with Crippen LogP contribution in [0.25, 0.3) is 0 Å². The van der Waals surface area contributed by atoms with Crippen LogP contribution in [-0.4, -0.2) is 17.0 Å². The lowest BCUT2D eigenvalue weighted by molar-refractivity contribution is -0.384. The molecule has 106 valence electrons. The number of hydrogen-bond donors (Lipinski definition) is 1. The number of aryl methyl sites for hydroxylation is 1. The molecule has 0 aliphatic carbocycles. The highest BCUT2D eigenvalue weighted by Gasteiger charge is 2.06. The number of carbonyl (C=O) groups is 1. The first kappa shape index (κ1) is 14.4. The average Bonchev–Trinajstić information content (AvgIpc) is 2.48. The van der Waals surface area contributed by atoms with Gasteiger partial charge in [0.25, 0.3) is 11.6 Å². The van der Waals surface area contributed by atoms with Crippen LogP contribution in [0.3, 0.4) is 0 Å². The SMILES string of the molecule is Cc1ccccc1C(=O)N/N=C/c1ccc([N+](=O)[O-])cc1. The van der Waals surface area contributed by atoms with Gasteiger partial charge in [0.05, 0.1) is 11.1 Å². The van der Waals surface area contributed by atoms with E-state index in [-0.39, 0.29) is 11.6 Å². The summed E-state index contributed by atoms with van der Waals surface area (Å²) < 4.78 is 0. The molecule has 1 N–H and O–H groups in total. The molecule has 0 fully saturated rings. The lowest BCUT2D eigenvalue weighted by Crippen LogP contribution is -2.18. The molecule has 0 aliphatic rings. The maximum absolute atomic E-state index is 11.9. The van der Waals surface area contributed by atoms with Gasteiger partial charge < -0.3 is 0 Å². The third-order valence-corrected chi connectivity index (χ3v) is 2.87. The zero-order valence-electron chi connectivity index (χ0n) is 11.3. The number of rotatable bonds is 4. The quantitative estimate of drug-likeness (QED) is 0.532.